The number of hydrogen-bond acceptors (Lipinski definition) is 1. The van der Waals surface area contributed by atoms with Gasteiger partial charge in [-0.05, 0) is 62.5 Å². The van der Waals surface area contributed by atoms with Gasteiger partial charge in [0.05, 0.1) is 0 Å². The Labute approximate surface area is 117 Å². The van der Waals surface area contributed by atoms with Crippen molar-refractivity contribution in [1.82, 2.24) is 5.32 Å². The van der Waals surface area contributed by atoms with Crippen LogP contribution in [-0.4, -0.2) is 12.6 Å². The minimum Gasteiger partial charge on any atom is -0.314 e. The van der Waals surface area contributed by atoms with E-state index in [9.17, 15) is 0 Å². The Kier molecular flexibility index (Phi) is 4.03. The maximum Gasteiger partial charge on any atom is 0.00420 e. The number of benzene rings is 1. The second kappa shape index (κ2) is 5.92. The summed E-state index contributed by atoms with van der Waals surface area (Å²) < 4.78 is 0. The first-order valence-corrected chi connectivity index (χ1v) is 7.77. The van der Waals surface area contributed by atoms with E-state index in [4.69, 9.17) is 0 Å². The monoisotopic (exact) mass is 255 g/mol. The van der Waals surface area contributed by atoms with Crippen molar-refractivity contribution in [1.29, 1.82) is 0 Å². The largest absolute Gasteiger partial charge is 0.314 e. The molecule has 0 heterocycles. The summed E-state index contributed by atoms with van der Waals surface area (Å²) in [5.74, 6) is 2.67. The van der Waals surface area contributed by atoms with Gasteiger partial charge in [0.1, 0.15) is 0 Å². The fraction of sp³-hybridized carbons (Fsp3) is 0.556. The van der Waals surface area contributed by atoms with E-state index in [2.05, 4.69) is 54.7 Å². The molecule has 1 nitrogen and oxygen atoms in total. The van der Waals surface area contributed by atoms with E-state index >= 15 is 0 Å². The van der Waals surface area contributed by atoms with Gasteiger partial charge in [-0.2, -0.15) is 0 Å². The number of hydrogen-bond donors (Lipinski definition) is 1. The Morgan fingerprint density at radius 3 is 2.68 bits per heavy atom. The van der Waals surface area contributed by atoms with Crippen molar-refractivity contribution in [3.63, 3.8) is 0 Å². The van der Waals surface area contributed by atoms with Crippen molar-refractivity contribution in [3.05, 3.63) is 48.0 Å². The van der Waals surface area contributed by atoms with Crippen molar-refractivity contribution in [3.8, 4) is 0 Å². The maximum atomic E-state index is 3.75. The van der Waals surface area contributed by atoms with Crippen LogP contribution in [0.4, 0.5) is 0 Å². The van der Waals surface area contributed by atoms with Crippen LogP contribution in [0.2, 0.25) is 0 Å². The predicted molar refractivity (Wildman–Crippen MR) is 81.1 cm³/mol. The zero-order chi connectivity index (χ0) is 13.1. The molecule has 0 amide bonds. The van der Waals surface area contributed by atoms with Crippen LogP contribution in [0.15, 0.2) is 42.5 Å². The van der Waals surface area contributed by atoms with E-state index < -0.39 is 0 Å². The van der Waals surface area contributed by atoms with Crippen LogP contribution in [0, 0.1) is 17.8 Å². The van der Waals surface area contributed by atoms with Gasteiger partial charge >= 0.3 is 0 Å². The number of rotatable bonds is 6. The van der Waals surface area contributed by atoms with Crippen LogP contribution in [0.3, 0.4) is 0 Å². The van der Waals surface area contributed by atoms with E-state index in [1.54, 1.807) is 0 Å². The van der Waals surface area contributed by atoms with Crippen molar-refractivity contribution in [2.75, 3.05) is 6.54 Å². The molecule has 1 heteroatoms. The lowest BCUT2D eigenvalue weighted by Crippen LogP contribution is -2.33. The molecule has 0 aromatic heterocycles. The molecule has 1 aromatic rings. The van der Waals surface area contributed by atoms with Crippen molar-refractivity contribution in [2.24, 2.45) is 17.8 Å². The molecule has 1 saturated carbocycles. The molecular weight excluding hydrogens is 230 g/mol. The summed E-state index contributed by atoms with van der Waals surface area (Å²) in [6.45, 7) is 3.54. The van der Waals surface area contributed by atoms with Gasteiger partial charge in [-0.15, -0.1) is 0 Å². The van der Waals surface area contributed by atoms with E-state index in [-0.39, 0.29) is 0 Å². The lowest BCUT2D eigenvalue weighted by atomic mass is 9.93. The molecule has 1 fully saturated rings. The molecule has 0 saturated heterocycles. The number of fused-ring (bicyclic) bond motifs is 2. The molecule has 2 aliphatic rings. The van der Waals surface area contributed by atoms with Crippen LogP contribution in [-0.2, 0) is 6.42 Å². The maximum absolute atomic E-state index is 3.75. The second-order valence-corrected chi connectivity index (χ2v) is 6.37. The molecule has 4 atom stereocenters. The van der Waals surface area contributed by atoms with Crippen LogP contribution in [0.1, 0.15) is 31.7 Å². The fourth-order valence-corrected chi connectivity index (χ4v) is 3.61. The summed E-state index contributed by atoms with van der Waals surface area (Å²) in [5.41, 5.74) is 1.46. The Morgan fingerprint density at radius 1 is 1.16 bits per heavy atom. The molecule has 0 radical (unpaired) electrons. The predicted octanol–water partition coefficient (Wildman–Crippen LogP) is 3.81. The highest BCUT2D eigenvalue weighted by atomic mass is 14.9. The van der Waals surface area contributed by atoms with Gasteiger partial charge < -0.3 is 5.32 Å². The fourth-order valence-electron chi connectivity index (χ4n) is 3.61. The lowest BCUT2D eigenvalue weighted by molar-refractivity contribution is 0.382. The lowest BCUT2D eigenvalue weighted by Gasteiger charge is -2.21. The van der Waals surface area contributed by atoms with Gasteiger partial charge in [0, 0.05) is 6.04 Å². The summed E-state index contributed by atoms with van der Waals surface area (Å²) in [4.78, 5) is 0. The highest BCUT2D eigenvalue weighted by Gasteiger charge is 2.35. The van der Waals surface area contributed by atoms with Gasteiger partial charge in [0.15, 0.2) is 0 Å². The van der Waals surface area contributed by atoms with Gasteiger partial charge in [-0.1, -0.05) is 42.5 Å². The zero-order valence-corrected chi connectivity index (χ0v) is 11.9. The summed E-state index contributed by atoms with van der Waals surface area (Å²) >= 11 is 0. The van der Waals surface area contributed by atoms with Gasteiger partial charge in [0.2, 0.25) is 0 Å². The molecule has 3 rings (SSSR count). The topological polar surface area (TPSA) is 12.0 Å². The first kappa shape index (κ1) is 12.9. The number of aryl methyl sites for hydroxylation is 1. The Bertz CT molecular complexity index is 423. The summed E-state index contributed by atoms with van der Waals surface area (Å²) in [7, 11) is 0. The SMILES string of the molecule is CC(CCc1ccccc1)NCC1CC2C=CC1C2. The number of allylic oxidation sites excluding steroid dienone is 2. The average molecular weight is 255 g/mol. The quantitative estimate of drug-likeness (QED) is 0.762. The minimum atomic E-state index is 0.628. The smallest absolute Gasteiger partial charge is 0.00420 e. The molecule has 4 unspecified atom stereocenters. The van der Waals surface area contributed by atoms with E-state index in [1.807, 2.05) is 0 Å². The first-order valence-electron chi connectivity index (χ1n) is 7.77. The Hall–Kier alpha value is -1.08. The van der Waals surface area contributed by atoms with Crippen molar-refractivity contribution >= 4 is 0 Å². The third-order valence-corrected chi connectivity index (χ3v) is 4.85. The van der Waals surface area contributed by atoms with Crippen LogP contribution < -0.4 is 5.32 Å². The Balaban J connectivity index is 1.38. The van der Waals surface area contributed by atoms with E-state index in [0.717, 1.165) is 17.8 Å². The summed E-state index contributed by atoms with van der Waals surface area (Å²) in [5, 5.41) is 3.75. The van der Waals surface area contributed by atoms with Crippen LogP contribution in [0.25, 0.3) is 0 Å². The molecular formula is C18H25N. The first-order chi connectivity index (χ1) is 9.31. The Morgan fingerprint density at radius 2 is 2.00 bits per heavy atom. The van der Waals surface area contributed by atoms with Crippen LogP contribution in [0.5, 0.6) is 0 Å². The molecule has 102 valence electrons. The molecule has 2 aliphatic carbocycles. The third-order valence-electron chi connectivity index (χ3n) is 4.85. The number of nitrogens with one attached hydrogen (secondary N) is 1. The van der Waals surface area contributed by atoms with Gasteiger partial charge in [0.25, 0.3) is 0 Å². The van der Waals surface area contributed by atoms with Crippen molar-refractivity contribution in [2.45, 2.75) is 38.6 Å². The highest BCUT2D eigenvalue weighted by molar-refractivity contribution is 5.14. The van der Waals surface area contributed by atoms with Crippen LogP contribution >= 0.6 is 0 Å². The minimum absolute atomic E-state index is 0.628. The van der Waals surface area contributed by atoms with E-state index in [1.165, 1.54) is 37.8 Å². The highest BCUT2D eigenvalue weighted by Crippen LogP contribution is 2.42. The van der Waals surface area contributed by atoms with Gasteiger partial charge in [-0.25, -0.2) is 0 Å². The average Bonchev–Trinajstić information content (AvgIpc) is 3.06. The normalized spacial score (nSPS) is 29.8. The molecule has 1 aromatic carbocycles. The zero-order valence-electron chi connectivity index (χ0n) is 11.9. The molecule has 0 aliphatic heterocycles. The van der Waals surface area contributed by atoms with Gasteiger partial charge in [-0.3, -0.25) is 0 Å². The molecule has 2 bridgehead atoms. The third kappa shape index (κ3) is 3.27. The van der Waals surface area contributed by atoms with E-state index in [0.29, 0.717) is 6.04 Å². The molecule has 1 N–H and O–H groups in total. The molecule has 19 heavy (non-hydrogen) atoms. The molecule has 0 spiro atoms. The standard InChI is InChI=1S/C18H25N/c1-14(7-8-15-5-3-2-4-6-15)19-13-18-12-16-9-10-17(18)11-16/h2-6,9-10,14,16-19H,7-8,11-13H2,1H3. The van der Waals surface area contributed by atoms with Crippen molar-refractivity contribution < 1.29 is 0 Å². The summed E-state index contributed by atoms with van der Waals surface area (Å²) in [6.07, 6.45) is 10.1. The summed E-state index contributed by atoms with van der Waals surface area (Å²) in [6, 6.07) is 11.4. The second-order valence-electron chi connectivity index (χ2n) is 6.37.